The molecular formula is C12H18N4S. The van der Waals surface area contributed by atoms with E-state index in [9.17, 15) is 0 Å². The summed E-state index contributed by atoms with van der Waals surface area (Å²) in [6.07, 6.45) is 3.96. The van der Waals surface area contributed by atoms with Crippen molar-refractivity contribution >= 4 is 16.9 Å². The Kier molecular flexibility index (Phi) is 3.99. The third-order valence-electron chi connectivity index (χ3n) is 3.22. The third-order valence-corrected chi connectivity index (χ3v) is 4.42. The zero-order chi connectivity index (χ0) is 12.1. The minimum Gasteiger partial charge on any atom is -0.359 e. The van der Waals surface area contributed by atoms with Gasteiger partial charge in [-0.2, -0.15) is 10.2 Å². The second-order valence-corrected chi connectivity index (χ2v) is 5.20. The fourth-order valence-corrected chi connectivity index (χ4v) is 3.13. The van der Waals surface area contributed by atoms with Crippen molar-refractivity contribution in [1.82, 2.24) is 15.5 Å². The van der Waals surface area contributed by atoms with Crippen molar-refractivity contribution in [2.45, 2.75) is 38.8 Å². The summed E-state index contributed by atoms with van der Waals surface area (Å²) in [6.45, 7) is 5.05. The topological polar surface area (TPSA) is 50.2 Å². The van der Waals surface area contributed by atoms with Crippen LogP contribution in [0.25, 0.3) is 0 Å². The summed E-state index contributed by atoms with van der Waals surface area (Å²) in [7, 11) is 0. The summed E-state index contributed by atoms with van der Waals surface area (Å²) < 4.78 is 0. The van der Waals surface area contributed by atoms with Crippen molar-refractivity contribution in [3.63, 3.8) is 0 Å². The van der Waals surface area contributed by atoms with E-state index in [4.69, 9.17) is 0 Å². The Hall–Kier alpha value is -1.10. The molecule has 92 valence electrons. The van der Waals surface area contributed by atoms with Crippen LogP contribution < -0.4 is 5.32 Å². The van der Waals surface area contributed by atoms with Gasteiger partial charge in [0, 0.05) is 17.5 Å². The van der Waals surface area contributed by atoms with Gasteiger partial charge < -0.3 is 5.32 Å². The van der Waals surface area contributed by atoms with Gasteiger partial charge in [0.2, 0.25) is 0 Å². The number of thioether (sulfide) groups is 1. The van der Waals surface area contributed by atoms with Crippen molar-refractivity contribution in [2.24, 2.45) is 4.99 Å². The number of hydrogen-bond acceptors (Lipinski definition) is 4. The molecule has 0 aliphatic carbocycles. The summed E-state index contributed by atoms with van der Waals surface area (Å²) in [5.74, 6) is 1.11. The highest BCUT2D eigenvalue weighted by atomic mass is 32.2. The molecule has 1 aromatic heterocycles. The van der Waals surface area contributed by atoms with Gasteiger partial charge in [-0.1, -0.05) is 25.6 Å². The second-order valence-electron chi connectivity index (χ2n) is 4.24. The summed E-state index contributed by atoms with van der Waals surface area (Å²) in [6, 6.07) is 3.84. The number of nitrogens with zero attached hydrogens (tertiary/aromatic N) is 3. The van der Waals surface area contributed by atoms with Gasteiger partial charge >= 0.3 is 0 Å². The van der Waals surface area contributed by atoms with Gasteiger partial charge in [0.1, 0.15) is 0 Å². The van der Waals surface area contributed by atoms with E-state index in [0.717, 1.165) is 29.5 Å². The predicted molar refractivity (Wildman–Crippen MR) is 72.1 cm³/mol. The Morgan fingerprint density at radius 3 is 2.88 bits per heavy atom. The maximum atomic E-state index is 4.55. The molecule has 0 radical (unpaired) electrons. The minimum atomic E-state index is 0.242. The van der Waals surface area contributed by atoms with Gasteiger partial charge in [0.15, 0.2) is 5.17 Å². The molecule has 1 aromatic rings. The molecule has 0 aromatic carbocycles. The van der Waals surface area contributed by atoms with Gasteiger partial charge in [0.25, 0.3) is 0 Å². The van der Waals surface area contributed by atoms with Crippen LogP contribution in [0.5, 0.6) is 0 Å². The van der Waals surface area contributed by atoms with Crippen molar-refractivity contribution in [3.8, 4) is 0 Å². The van der Waals surface area contributed by atoms with E-state index in [-0.39, 0.29) is 5.54 Å². The maximum Gasteiger partial charge on any atom is 0.157 e. The lowest BCUT2D eigenvalue weighted by Crippen LogP contribution is -2.42. The largest absolute Gasteiger partial charge is 0.359 e. The van der Waals surface area contributed by atoms with Gasteiger partial charge in [-0.15, -0.1) is 0 Å². The van der Waals surface area contributed by atoms with E-state index in [1.165, 1.54) is 0 Å². The van der Waals surface area contributed by atoms with Crippen LogP contribution in [0, 0.1) is 0 Å². The summed E-state index contributed by atoms with van der Waals surface area (Å²) in [4.78, 5) is 4.55. The average molecular weight is 250 g/mol. The second kappa shape index (κ2) is 5.49. The Bertz CT molecular complexity index is 387. The van der Waals surface area contributed by atoms with Crippen molar-refractivity contribution in [3.05, 3.63) is 24.0 Å². The highest BCUT2D eigenvalue weighted by Gasteiger charge is 2.33. The Balaban J connectivity index is 1.97. The summed E-state index contributed by atoms with van der Waals surface area (Å²) in [5, 5.41) is 12.4. The van der Waals surface area contributed by atoms with Gasteiger partial charge in [0.05, 0.1) is 12.2 Å². The van der Waals surface area contributed by atoms with Gasteiger partial charge in [-0.25, -0.2) is 0 Å². The molecule has 2 rings (SSSR count). The zero-order valence-corrected chi connectivity index (χ0v) is 11.1. The summed E-state index contributed by atoms with van der Waals surface area (Å²) >= 11 is 1.81. The summed E-state index contributed by atoms with van der Waals surface area (Å²) in [5.41, 5.74) is 1.15. The number of nitrogens with one attached hydrogen (secondary N) is 1. The molecule has 1 saturated heterocycles. The molecule has 4 nitrogen and oxygen atoms in total. The maximum absolute atomic E-state index is 4.55. The molecule has 17 heavy (non-hydrogen) atoms. The molecule has 0 spiro atoms. The number of aromatic nitrogens is 2. The molecule has 1 fully saturated rings. The smallest absolute Gasteiger partial charge is 0.157 e. The zero-order valence-electron chi connectivity index (χ0n) is 10.3. The van der Waals surface area contributed by atoms with Crippen molar-refractivity contribution < 1.29 is 0 Å². The molecule has 1 aliphatic heterocycles. The Morgan fingerprint density at radius 2 is 2.29 bits per heavy atom. The van der Waals surface area contributed by atoms with Crippen LogP contribution >= 0.6 is 11.8 Å². The highest BCUT2D eigenvalue weighted by Crippen LogP contribution is 2.28. The van der Waals surface area contributed by atoms with E-state index in [2.05, 4.69) is 34.4 Å². The third kappa shape index (κ3) is 2.97. The van der Waals surface area contributed by atoms with Gasteiger partial charge in [-0.05, 0) is 25.0 Å². The number of aliphatic imine (C=N–C) groups is 1. The predicted octanol–water partition coefficient (Wildman–Crippen LogP) is 2.23. The molecule has 1 aliphatic rings. The number of amidine groups is 1. The lowest BCUT2D eigenvalue weighted by Gasteiger charge is -2.25. The SMILES string of the molecule is CCC1(CC)CSC(=NCc2cccnn2)N1. The molecule has 2 heterocycles. The van der Waals surface area contributed by atoms with Crippen LogP contribution in [0.15, 0.2) is 23.3 Å². The van der Waals surface area contributed by atoms with E-state index in [1.807, 2.05) is 23.9 Å². The molecule has 5 heteroatoms. The molecule has 0 atom stereocenters. The van der Waals surface area contributed by atoms with Gasteiger partial charge in [-0.3, -0.25) is 4.99 Å². The van der Waals surface area contributed by atoms with Crippen LogP contribution in [0.3, 0.4) is 0 Å². The number of rotatable bonds is 4. The Morgan fingerprint density at radius 1 is 1.47 bits per heavy atom. The lowest BCUT2D eigenvalue weighted by molar-refractivity contribution is 0.407. The fraction of sp³-hybridized carbons (Fsp3) is 0.583. The van der Waals surface area contributed by atoms with Crippen molar-refractivity contribution in [1.29, 1.82) is 0 Å². The highest BCUT2D eigenvalue weighted by molar-refractivity contribution is 8.14. The molecular weight excluding hydrogens is 232 g/mol. The van der Waals surface area contributed by atoms with E-state index in [0.29, 0.717) is 6.54 Å². The lowest BCUT2D eigenvalue weighted by atomic mass is 9.96. The van der Waals surface area contributed by atoms with Crippen LogP contribution in [0.1, 0.15) is 32.4 Å². The first-order chi connectivity index (χ1) is 8.28. The molecule has 0 amide bonds. The normalized spacial score (nSPS) is 20.5. The minimum absolute atomic E-state index is 0.242. The fourth-order valence-electron chi connectivity index (χ4n) is 1.79. The van der Waals surface area contributed by atoms with E-state index < -0.39 is 0 Å². The van der Waals surface area contributed by atoms with Crippen LogP contribution in [0.2, 0.25) is 0 Å². The molecule has 0 unspecified atom stereocenters. The first-order valence-electron chi connectivity index (χ1n) is 6.00. The molecule has 0 saturated carbocycles. The Labute approximate surface area is 106 Å². The first-order valence-corrected chi connectivity index (χ1v) is 6.98. The standard InChI is InChI=1S/C12H18N4S/c1-3-12(4-2)9-17-11(15-12)13-8-10-6-5-7-14-16-10/h5-7H,3-4,8-9H2,1-2H3,(H,13,15). The average Bonchev–Trinajstić information content (AvgIpc) is 2.82. The number of hydrogen-bond donors (Lipinski definition) is 1. The molecule has 0 bridgehead atoms. The quantitative estimate of drug-likeness (QED) is 0.890. The van der Waals surface area contributed by atoms with Crippen LogP contribution in [0.4, 0.5) is 0 Å². The van der Waals surface area contributed by atoms with Crippen molar-refractivity contribution in [2.75, 3.05) is 5.75 Å². The van der Waals surface area contributed by atoms with E-state index >= 15 is 0 Å². The first kappa shape index (κ1) is 12.4. The van der Waals surface area contributed by atoms with Crippen LogP contribution in [-0.4, -0.2) is 26.7 Å². The van der Waals surface area contributed by atoms with Crippen LogP contribution in [-0.2, 0) is 6.54 Å². The van der Waals surface area contributed by atoms with E-state index in [1.54, 1.807) is 6.20 Å². The monoisotopic (exact) mass is 250 g/mol. The molecule has 1 N–H and O–H groups in total.